The van der Waals surface area contributed by atoms with Crippen molar-refractivity contribution < 1.29 is 22.7 Å². The van der Waals surface area contributed by atoms with Crippen LogP contribution in [0.5, 0.6) is 0 Å². The minimum absolute atomic E-state index is 0.252. The van der Waals surface area contributed by atoms with E-state index in [9.17, 15) is 18.0 Å². The largest absolute Gasteiger partial charge is 0.445 e. The molecule has 0 aromatic carbocycles. The summed E-state index contributed by atoms with van der Waals surface area (Å²) < 4.78 is 30.5. The summed E-state index contributed by atoms with van der Waals surface area (Å²) in [4.78, 5) is 23.0. The average Bonchev–Trinajstić information content (AvgIpc) is 2.33. The van der Waals surface area contributed by atoms with Crippen molar-refractivity contribution in [2.24, 2.45) is 5.73 Å². The van der Waals surface area contributed by atoms with Gasteiger partial charge in [0.25, 0.3) is 10.0 Å². The number of nitrogens with one attached hydrogen (secondary N) is 1. The van der Waals surface area contributed by atoms with Crippen molar-refractivity contribution in [2.45, 2.75) is 70.1 Å². The summed E-state index contributed by atoms with van der Waals surface area (Å²) in [5.74, 6) is 0. The monoisotopic (exact) mass is 335 g/mol. The van der Waals surface area contributed by atoms with Gasteiger partial charge >= 0.3 is 12.1 Å². The van der Waals surface area contributed by atoms with Crippen LogP contribution < -0.4 is 11.2 Å². The van der Waals surface area contributed by atoms with Gasteiger partial charge in [-0.3, -0.25) is 0 Å². The molecule has 0 aromatic heterocycles. The quantitative estimate of drug-likeness (QED) is 0.763. The zero-order valence-electron chi connectivity index (χ0n) is 13.1. The lowest BCUT2D eigenvalue weighted by Gasteiger charge is -2.28. The number of urea groups is 1. The van der Waals surface area contributed by atoms with Gasteiger partial charge in [0.05, 0.1) is 11.4 Å². The Morgan fingerprint density at radius 1 is 1.14 bits per heavy atom. The lowest BCUT2D eigenvalue weighted by atomic mass is 10.0. The van der Waals surface area contributed by atoms with Crippen molar-refractivity contribution in [3.05, 3.63) is 0 Å². The topological polar surface area (TPSA) is 119 Å². The minimum Gasteiger partial charge on any atom is -0.445 e. The maximum absolute atomic E-state index is 12.7. The fourth-order valence-corrected chi connectivity index (χ4v) is 4.12. The maximum Gasteiger partial charge on any atom is 0.443 e. The molecule has 0 bridgehead atoms. The van der Waals surface area contributed by atoms with Gasteiger partial charge in [-0.1, -0.05) is 32.1 Å². The van der Waals surface area contributed by atoms with Crippen LogP contribution in [0.3, 0.4) is 0 Å². The van der Waals surface area contributed by atoms with Crippen molar-refractivity contribution >= 4 is 22.1 Å². The Morgan fingerprint density at radius 3 is 2.09 bits per heavy atom. The van der Waals surface area contributed by atoms with E-state index in [4.69, 9.17) is 10.5 Å². The molecule has 8 nitrogen and oxygen atoms in total. The third-order valence-corrected chi connectivity index (χ3v) is 5.51. The Labute approximate surface area is 131 Å². The first kappa shape index (κ1) is 18.5. The van der Waals surface area contributed by atoms with E-state index in [1.165, 1.54) is 0 Å². The number of nitrogens with zero attached hydrogens (tertiary/aromatic N) is 1. The molecule has 0 saturated heterocycles. The third-order valence-electron chi connectivity index (χ3n) is 3.44. The highest BCUT2D eigenvalue weighted by atomic mass is 32.2. The molecule has 0 unspecified atom stereocenters. The van der Waals surface area contributed by atoms with Gasteiger partial charge < -0.3 is 10.5 Å². The van der Waals surface area contributed by atoms with Gasteiger partial charge in [0.15, 0.2) is 0 Å². The number of hydrogen-bond acceptors (Lipinski definition) is 5. The molecule has 3 N–H and O–H groups in total. The molecular weight excluding hydrogens is 310 g/mol. The first-order chi connectivity index (χ1) is 10.2. The number of carbonyl (C=O) groups excluding carboxylic acids is 2. The summed E-state index contributed by atoms with van der Waals surface area (Å²) in [6.45, 7) is 3.17. The second kappa shape index (κ2) is 8.21. The van der Waals surface area contributed by atoms with Crippen molar-refractivity contribution in [1.29, 1.82) is 0 Å². The van der Waals surface area contributed by atoms with Crippen molar-refractivity contribution in [3.63, 3.8) is 0 Å². The molecule has 128 valence electrons. The number of hydrogen-bond donors (Lipinski definition) is 2. The third kappa shape index (κ3) is 5.36. The number of carbonyl (C=O) groups is 2. The second-order valence-electron chi connectivity index (χ2n) is 5.69. The highest BCUT2D eigenvalue weighted by Gasteiger charge is 2.37. The van der Waals surface area contributed by atoms with Crippen LogP contribution in [-0.4, -0.2) is 36.3 Å². The van der Waals surface area contributed by atoms with Crippen LogP contribution >= 0.6 is 0 Å². The van der Waals surface area contributed by atoms with E-state index in [-0.39, 0.29) is 4.41 Å². The van der Waals surface area contributed by atoms with Crippen LogP contribution in [0.4, 0.5) is 9.59 Å². The van der Waals surface area contributed by atoms with E-state index in [1.807, 2.05) is 5.43 Å². The van der Waals surface area contributed by atoms with E-state index < -0.39 is 33.5 Å². The predicted molar refractivity (Wildman–Crippen MR) is 81.2 cm³/mol. The minimum atomic E-state index is -4.06. The Hall–Kier alpha value is -1.51. The van der Waals surface area contributed by atoms with Gasteiger partial charge in [0.1, 0.15) is 0 Å². The normalized spacial score (nSPS) is 17.4. The number of primary amides is 1. The number of amides is 3. The molecule has 0 radical (unpaired) electrons. The van der Waals surface area contributed by atoms with Gasteiger partial charge in [-0.05, 0) is 26.7 Å². The molecule has 0 aliphatic heterocycles. The van der Waals surface area contributed by atoms with Crippen LogP contribution in [0.15, 0.2) is 0 Å². The highest BCUT2D eigenvalue weighted by molar-refractivity contribution is 7.90. The van der Waals surface area contributed by atoms with Gasteiger partial charge in [0.2, 0.25) is 0 Å². The molecule has 22 heavy (non-hydrogen) atoms. The van der Waals surface area contributed by atoms with Crippen LogP contribution in [-0.2, 0) is 14.8 Å². The second-order valence-corrected chi connectivity index (χ2v) is 7.75. The van der Waals surface area contributed by atoms with Crippen molar-refractivity contribution in [2.75, 3.05) is 0 Å². The SMILES string of the molecule is CC(C)OC(=O)N(NC(N)=O)S(=O)(=O)C1CCCCCCC1. The first-order valence-corrected chi connectivity index (χ1v) is 9.06. The molecular formula is C13H25N3O5S. The van der Waals surface area contributed by atoms with Gasteiger partial charge in [-0.15, -0.1) is 4.41 Å². The average molecular weight is 335 g/mol. The summed E-state index contributed by atoms with van der Waals surface area (Å²) in [5.41, 5.74) is 6.85. The Bertz CT molecular complexity index is 484. The number of hydrazine groups is 1. The molecule has 0 spiro atoms. The van der Waals surface area contributed by atoms with Crippen LogP contribution in [0.25, 0.3) is 0 Å². The Balaban J connectivity index is 2.97. The van der Waals surface area contributed by atoms with Gasteiger partial charge in [0, 0.05) is 0 Å². The van der Waals surface area contributed by atoms with E-state index in [1.54, 1.807) is 13.8 Å². The molecule has 0 aromatic rings. The Morgan fingerprint density at radius 2 is 1.64 bits per heavy atom. The molecule has 0 atom stereocenters. The molecule has 1 saturated carbocycles. The van der Waals surface area contributed by atoms with E-state index >= 15 is 0 Å². The van der Waals surface area contributed by atoms with Crippen LogP contribution in [0, 0.1) is 0 Å². The number of rotatable bonds is 3. The van der Waals surface area contributed by atoms with Gasteiger partial charge in [-0.25, -0.2) is 23.4 Å². The lowest BCUT2D eigenvalue weighted by Crippen LogP contribution is -2.54. The van der Waals surface area contributed by atoms with Crippen LogP contribution in [0.2, 0.25) is 0 Å². The molecule has 1 rings (SSSR count). The van der Waals surface area contributed by atoms with Crippen molar-refractivity contribution in [1.82, 2.24) is 9.84 Å². The molecule has 0 heterocycles. The zero-order chi connectivity index (χ0) is 16.8. The van der Waals surface area contributed by atoms with Crippen LogP contribution in [0.1, 0.15) is 58.8 Å². The summed E-state index contributed by atoms with van der Waals surface area (Å²) >= 11 is 0. The molecule has 1 aliphatic rings. The maximum atomic E-state index is 12.7. The number of ether oxygens (including phenoxy) is 1. The summed E-state index contributed by atoms with van der Waals surface area (Å²) in [5, 5.41) is -0.723. The number of nitrogens with two attached hydrogens (primary N) is 1. The lowest BCUT2D eigenvalue weighted by molar-refractivity contribution is 0.0889. The molecule has 1 aliphatic carbocycles. The Kier molecular flexibility index (Phi) is 6.92. The van der Waals surface area contributed by atoms with E-state index in [0.717, 1.165) is 32.1 Å². The fraction of sp³-hybridized carbons (Fsp3) is 0.846. The van der Waals surface area contributed by atoms with E-state index in [0.29, 0.717) is 12.8 Å². The summed E-state index contributed by atoms with van der Waals surface area (Å²) in [6.07, 6.45) is 3.81. The zero-order valence-corrected chi connectivity index (χ0v) is 13.9. The van der Waals surface area contributed by atoms with E-state index in [2.05, 4.69) is 0 Å². The standard InChI is InChI=1S/C13H25N3O5S/c1-10(2)21-13(18)16(15-12(14)17)22(19,20)11-8-6-4-3-5-7-9-11/h10-11H,3-9H2,1-2H3,(H3,14,15,17). The molecule has 1 fully saturated rings. The predicted octanol–water partition coefficient (Wildman–Crippen LogP) is 1.86. The van der Waals surface area contributed by atoms with Crippen molar-refractivity contribution in [3.8, 4) is 0 Å². The smallest absolute Gasteiger partial charge is 0.443 e. The highest BCUT2D eigenvalue weighted by Crippen LogP contribution is 2.24. The summed E-state index contributed by atoms with van der Waals surface area (Å²) in [6, 6.07) is -1.13. The first-order valence-electron chi connectivity index (χ1n) is 7.56. The summed E-state index contributed by atoms with van der Waals surface area (Å²) in [7, 11) is -4.06. The molecule has 3 amide bonds. The fourth-order valence-electron chi connectivity index (χ4n) is 2.43. The number of sulfonamides is 1. The van der Waals surface area contributed by atoms with Gasteiger partial charge in [-0.2, -0.15) is 0 Å². The molecule has 9 heteroatoms.